The molecule has 4 fully saturated rings. The first-order valence-corrected chi connectivity index (χ1v) is 13.7. The molecule has 0 aromatic carbocycles. The van der Waals surface area contributed by atoms with E-state index in [9.17, 15) is 0 Å². The van der Waals surface area contributed by atoms with E-state index in [1.807, 2.05) is 13.8 Å². The number of rotatable bonds is 3. The molecule has 4 aliphatic carbocycles. The first-order valence-electron chi connectivity index (χ1n) is 13.7. The van der Waals surface area contributed by atoms with Gasteiger partial charge >= 0.3 is 0 Å². The molecule has 29 heavy (non-hydrogen) atoms. The zero-order chi connectivity index (χ0) is 20.8. The van der Waals surface area contributed by atoms with E-state index in [0.29, 0.717) is 17.8 Å². The third kappa shape index (κ3) is 6.22. The fourth-order valence-corrected chi connectivity index (χ4v) is 7.69. The van der Waals surface area contributed by atoms with Crippen molar-refractivity contribution in [2.75, 3.05) is 0 Å². The predicted octanol–water partition coefficient (Wildman–Crippen LogP) is 9.23. The van der Waals surface area contributed by atoms with Crippen molar-refractivity contribution in [2.45, 2.75) is 130 Å². The van der Waals surface area contributed by atoms with Crippen molar-refractivity contribution in [3.63, 3.8) is 0 Å². The molecule has 0 heterocycles. The van der Waals surface area contributed by atoms with Crippen molar-refractivity contribution < 1.29 is 4.39 Å². The Labute approximate surface area is 182 Å². The summed E-state index contributed by atoms with van der Waals surface area (Å²) >= 11 is 0. The number of hydrogen-bond donors (Lipinski definition) is 0. The van der Waals surface area contributed by atoms with Crippen molar-refractivity contribution >= 4 is 0 Å². The van der Waals surface area contributed by atoms with Crippen LogP contribution in [0.1, 0.15) is 124 Å². The van der Waals surface area contributed by atoms with Gasteiger partial charge in [-0.15, -0.1) is 0 Å². The summed E-state index contributed by atoms with van der Waals surface area (Å²) in [7, 11) is 0. The SMILES string of the molecule is CC.CC1CCC(C2CCC(C3CCC(C4CCC(C)CC4)C(F)C3)CC2)CC1. The highest BCUT2D eigenvalue weighted by atomic mass is 19.1. The Morgan fingerprint density at radius 1 is 0.448 bits per heavy atom. The topological polar surface area (TPSA) is 0 Å². The zero-order valence-corrected chi connectivity index (χ0v) is 20.2. The van der Waals surface area contributed by atoms with Crippen LogP contribution in [-0.2, 0) is 0 Å². The molecule has 0 aliphatic heterocycles. The number of hydrogen-bond acceptors (Lipinski definition) is 0. The number of alkyl halides is 1. The minimum atomic E-state index is -0.486. The van der Waals surface area contributed by atoms with Gasteiger partial charge in [-0.2, -0.15) is 0 Å². The minimum absolute atomic E-state index is 0.411. The molecule has 0 saturated heterocycles. The molecule has 170 valence electrons. The lowest BCUT2D eigenvalue weighted by Gasteiger charge is -2.44. The van der Waals surface area contributed by atoms with Gasteiger partial charge in [0, 0.05) is 0 Å². The zero-order valence-electron chi connectivity index (χ0n) is 20.2. The maximum atomic E-state index is 15.1. The van der Waals surface area contributed by atoms with Gasteiger partial charge in [-0.1, -0.05) is 53.4 Å². The molecule has 3 atom stereocenters. The van der Waals surface area contributed by atoms with Crippen molar-refractivity contribution in [3.05, 3.63) is 0 Å². The minimum Gasteiger partial charge on any atom is -0.247 e. The standard InChI is InChI=1S/C26H45F.C2H6/c1-18-3-7-20(8-4-18)21-11-13-22(14-12-21)24-15-16-25(26(27)17-24)23-9-5-19(2)6-10-23;1-2/h18-26H,3-17H2,1-2H3;1-2H3. The van der Waals surface area contributed by atoms with E-state index < -0.39 is 6.17 Å². The molecule has 0 bridgehead atoms. The summed E-state index contributed by atoms with van der Waals surface area (Å²) < 4.78 is 15.1. The van der Waals surface area contributed by atoms with Crippen LogP contribution in [0.3, 0.4) is 0 Å². The van der Waals surface area contributed by atoms with E-state index in [4.69, 9.17) is 0 Å². The second kappa shape index (κ2) is 11.5. The maximum absolute atomic E-state index is 15.1. The molecule has 0 aromatic heterocycles. The van der Waals surface area contributed by atoms with Gasteiger partial charge in [0.25, 0.3) is 0 Å². The molecule has 0 radical (unpaired) electrons. The lowest BCUT2D eigenvalue weighted by molar-refractivity contribution is 0.0297. The van der Waals surface area contributed by atoms with Crippen LogP contribution >= 0.6 is 0 Å². The van der Waals surface area contributed by atoms with E-state index in [2.05, 4.69) is 13.8 Å². The summed E-state index contributed by atoms with van der Waals surface area (Å²) in [6, 6.07) is 0. The Hall–Kier alpha value is -0.0700. The van der Waals surface area contributed by atoms with Crippen LogP contribution in [0.4, 0.5) is 4.39 Å². The molecule has 1 heteroatoms. The van der Waals surface area contributed by atoms with Crippen LogP contribution in [0.2, 0.25) is 0 Å². The highest BCUT2D eigenvalue weighted by molar-refractivity contribution is 4.90. The molecule has 4 saturated carbocycles. The average Bonchev–Trinajstić information content (AvgIpc) is 2.77. The molecule has 4 aliphatic rings. The Bertz CT molecular complexity index is 435. The van der Waals surface area contributed by atoms with E-state index in [-0.39, 0.29) is 0 Å². The fourth-order valence-electron chi connectivity index (χ4n) is 7.69. The van der Waals surface area contributed by atoms with Gasteiger partial charge < -0.3 is 0 Å². The summed E-state index contributed by atoms with van der Waals surface area (Å²) in [5, 5.41) is 0. The van der Waals surface area contributed by atoms with Gasteiger partial charge in [0.15, 0.2) is 0 Å². The Morgan fingerprint density at radius 2 is 0.793 bits per heavy atom. The Balaban J connectivity index is 0.00000117. The van der Waals surface area contributed by atoms with E-state index in [1.54, 1.807) is 0 Å². The van der Waals surface area contributed by atoms with Crippen LogP contribution in [0, 0.1) is 47.3 Å². The monoisotopic (exact) mass is 406 g/mol. The van der Waals surface area contributed by atoms with Gasteiger partial charge in [0.2, 0.25) is 0 Å². The van der Waals surface area contributed by atoms with Gasteiger partial charge in [0.1, 0.15) is 6.17 Å². The Kier molecular flexibility index (Phi) is 9.37. The molecule has 4 rings (SSSR count). The normalized spacial score (nSPS) is 46.4. The lowest BCUT2D eigenvalue weighted by Crippen LogP contribution is -2.37. The third-order valence-corrected chi connectivity index (χ3v) is 9.74. The molecular formula is C28H51F. The van der Waals surface area contributed by atoms with E-state index in [1.165, 1.54) is 89.9 Å². The largest absolute Gasteiger partial charge is 0.247 e. The van der Waals surface area contributed by atoms with E-state index in [0.717, 1.165) is 36.0 Å². The highest BCUT2D eigenvalue weighted by Gasteiger charge is 2.40. The van der Waals surface area contributed by atoms with Crippen LogP contribution in [0.15, 0.2) is 0 Å². The molecule has 3 unspecified atom stereocenters. The van der Waals surface area contributed by atoms with E-state index >= 15 is 4.39 Å². The van der Waals surface area contributed by atoms with Gasteiger partial charge in [-0.05, 0) is 118 Å². The van der Waals surface area contributed by atoms with Crippen molar-refractivity contribution in [3.8, 4) is 0 Å². The Morgan fingerprint density at radius 3 is 1.24 bits per heavy atom. The van der Waals surface area contributed by atoms with Crippen molar-refractivity contribution in [2.24, 2.45) is 47.3 Å². The average molecular weight is 407 g/mol. The summed E-state index contributed by atoms with van der Waals surface area (Å²) in [4.78, 5) is 0. The van der Waals surface area contributed by atoms with Crippen LogP contribution in [-0.4, -0.2) is 6.17 Å². The lowest BCUT2D eigenvalue weighted by atomic mass is 9.63. The summed E-state index contributed by atoms with van der Waals surface area (Å²) in [6.07, 6.45) is 20.0. The first-order chi connectivity index (χ1) is 14.1. The molecule has 0 spiro atoms. The van der Waals surface area contributed by atoms with Crippen LogP contribution in [0.5, 0.6) is 0 Å². The first kappa shape index (κ1) is 23.6. The van der Waals surface area contributed by atoms with Crippen LogP contribution < -0.4 is 0 Å². The molecule has 0 aromatic rings. The second-order valence-corrected chi connectivity index (χ2v) is 11.5. The van der Waals surface area contributed by atoms with Crippen molar-refractivity contribution in [1.29, 1.82) is 0 Å². The van der Waals surface area contributed by atoms with Crippen LogP contribution in [0.25, 0.3) is 0 Å². The molecule has 0 amide bonds. The number of halogens is 1. The molecule has 0 N–H and O–H groups in total. The smallest absolute Gasteiger partial charge is 0.103 e. The summed E-state index contributed by atoms with van der Waals surface area (Å²) in [5.41, 5.74) is 0. The highest BCUT2D eigenvalue weighted by Crippen LogP contribution is 2.48. The van der Waals surface area contributed by atoms with Gasteiger partial charge in [0.05, 0.1) is 0 Å². The fraction of sp³-hybridized carbons (Fsp3) is 1.00. The second-order valence-electron chi connectivity index (χ2n) is 11.5. The summed E-state index contributed by atoms with van der Waals surface area (Å²) in [5.74, 6) is 6.59. The van der Waals surface area contributed by atoms with Crippen molar-refractivity contribution in [1.82, 2.24) is 0 Å². The van der Waals surface area contributed by atoms with Gasteiger partial charge in [-0.25, -0.2) is 4.39 Å². The molecular weight excluding hydrogens is 355 g/mol. The third-order valence-electron chi connectivity index (χ3n) is 9.74. The summed E-state index contributed by atoms with van der Waals surface area (Å²) in [6.45, 7) is 8.81. The molecule has 0 nitrogen and oxygen atoms in total. The maximum Gasteiger partial charge on any atom is 0.103 e. The predicted molar refractivity (Wildman–Crippen MR) is 125 cm³/mol. The van der Waals surface area contributed by atoms with Gasteiger partial charge in [-0.3, -0.25) is 0 Å². The quantitative estimate of drug-likeness (QED) is 0.438.